The first-order valence-electron chi connectivity index (χ1n) is 8.00. The quantitative estimate of drug-likeness (QED) is 0.841. The Morgan fingerprint density at radius 1 is 1.42 bits per heavy atom. The predicted octanol–water partition coefficient (Wildman–Crippen LogP) is 2.08. The number of carbonyl (C=O) groups is 1. The topological polar surface area (TPSA) is 60.3 Å². The molecule has 0 bridgehead atoms. The van der Waals surface area contributed by atoms with Crippen molar-refractivity contribution in [1.82, 2.24) is 19.7 Å². The molecule has 2 atom stereocenters. The molecular formula is C17H21FN4O2. The van der Waals surface area contributed by atoms with E-state index in [0.717, 1.165) is 6.42 Å². The second-order valence-corrected chi connectivity index (χ2v) is 6.28. The third-order valence-electron chi connectivity index (χ3n) is 4.36. The average Bonchev–Trinajstić information content (AvgIpc) is 3.14. The zero-order chi connectivity index (χ0) is 17.1. The van der Waals surface area contributed by atoms with Crippen molar-refractivity contribution in [1.29, 1.82) is 0 Å². The van der Waals surface area contributed by atoms with E-state index in [4.69, 9.17) is 4.74 Å². The fraction of sp³-hybridized carbons (Fsp3) is 0.471. The van der Waals surface area contributed by atoms with E-state index in [-0.39, 0.29) is 31.0 Å². The van der Waals surface area contributed by atoms with Crippen molar-refractivity contribution in [3.63, 3.8) is 0 Å². The van der Waals surface area contributed by atoms with Crippen molar-refractivity contribution >= 4 is 5.91 Å². The molecule has 2 heterocycles. The third-order valence-corrected chi connectivity index (χ3v) is 4.36. The Bertz CT molecular complexity index is 718. The van der Waals surface area contributed by atoms with Crippen LogP contribution in [-0.2, 0) is 23.2 Å². The highest BCUT2D eigenvalue weighted by Crippen LogP contribution is 2.36. The Labute approximate surface area is 140 Å². The highest BCUT2D eigenvalue weighted by molar-refractivity contribution is 5.78. The number of amides is 1. The second-order valence-electron chi connectivity index (χ2n) is 6.28. The molecule has 1 saturated heterocycles. The molecular weight excluding hydrogens is 311 g/mol. The first-order valence-corrected chi connectivity index (χ1v) is 8.00. The number of aromatic nitrogens is 3. The van der Waals surface area contributed by atoms with Crippen LogP contribution >= 0.6 is 0 Å². The third kappa shape index (κ3) is 3.46. The van der Waals surface area contributed by atoms with Gasteiger partial charge in [-0.2, -0.15) is 0 Å². The van der Waals surface area contributed by atoms with Crippen molar-refractivity contribution in [2.75, 3.05) is 13.2 Å². The largest absolute Gasteiger partial charge is 0.364 e. The molecule has 1 aliphatic heterocycles. The second kappa shape index (κ2) is 7.09. The number of hydrogen-bond acceptors (Lipinski definition) is 4. The minimum absolute atomic E-state index is 0.0511. The first kappa shape index (κ1) is 16.6. The van der Waals surface area contributed by atoms with E-state index in [1.165, 1.54) is 6.07 Å². The average molecular weight is 332 g/mol. The Balaban J connectivity index is 1.64. The summed E-state index contributed by atoms with van der Waals surface area (Å²) in [7, 11) is 1.82. The van der Waals surface area contributed by atoms with Gasteiger partial charge in [-0.15, -0.1) is 10.2 Å². The molecule has 0 radical (unpaired) electrons. The fourth-order valence-electron chi connectivity index (χ4n) is 3.11. The summed E-state index contributed by atoms with van der Waals surface area (Å²) in [6.07, 6.45) is 2.34. The van der Waals surface area contributed by atoms with Crippen LogP contribution in [0.1, 0.15) is 30.8 Å². The van der Waals surface area contributed by atoms with Crippen molar-refractivity contribution < 1.29 is 13.9 Å². The SMILES string of the molecule is CC1CC(c2ccccc2F)N(C(=O)COCc2nncn2C)C1. The van der Waals surface area contributed by atoms with Gasteiger partial charge in [0.05, 0.1) is 6.04 Å². The number of hydrogen-bond donors (Lipinski definition) is 0. The summed E-state index contributed by atoms with van der Waals surface area (Å²) in [5.41, 5.74) is 0.573. The van der Waals surface area contributed by atoms with Gasteiger partial charge in [0, 0.05) is 19.2 Å². The highest BCUT2D eigenvalue weighted by atomic mass is 19.1. The molecule has 6 nitrogen and oxygen atoms in total. The maximum Gasteiger partial charge on any atom is 0.249 e. The number of benzene rings is 1. The minimum atomic E-state index is -0.269. The number of halogens is 1. The van der Waals surface area contributed by atoms with Gasteiger partial charge >= 0.3 is 0 Å². The van der Waals surface area contributed by atoms with Crippen molar-refractivity contribution in [2.24, 2.45) is 13.0 Å². The molecule has 3 rings (SSSR count). The van der Waals surface area contributed by atoms with Crippen LogP contribution in [0.3, 0.4) is 0 Å². The minimum Gasteiger partial charge on any atom is -0.364 e. The Hall–Kier alpha value is -2.28. The summed E-state index contributed by atoms with van der Waals surface area (Å²) >= 11 is 0. The Morgan fingerprint density at radius 2 is 2.21 bits per heavy atom. The van der Waals surface area contributed by atoms with Crippen LogP contribution < -0.4 is 0 Å². The molecule has 1 fully saturated rings. The predicted molar refractivity (Wildman–Crippen MR) is 85.3 cm³/mol. The van der Waals surface area contributed by atoms with E-state index in [9.17, 15) is 9.18 Å². The molecule has 2 unspecified atom stereocenters. The summed E-state index contributed by atoms with van der Waals surface area (Å²) in [6, 6.07) is 6.42. The van der Waals surface area contributed by atoms with E-state index in [1.54, 1.807) is 34.0 Å². The highest BCUT2D eigenvalue weighted by Gasteiger charge is 2.35. The lowest BCUT2D eigenvalue weighted by Gasteiger charge is -2.25. The van der Waals surface area contributed by atoms with Gasteiger partial charge in [-0.05, 0) is 18.4 Å². The summed E-state index contributed by atoms with van der Waals surface area (Å²) in [6.45, 7) is 2.85. The van der Waals surface area contributed by atoms with Crippen LogP contribution in [0.4, 0.5) is 4.39 Å². The Kier molecular flexibility index (Phi) is 4.89. The lowest BCUT2D eigenvalue weighted by Crippen LogP contribution is -2.34. The molecule has 24 heavy (non-hydrogen) atoms. The number of rotatable bonds is 5. The molecule has 128 valence electrons. The zero-order valence-electron chi connectivity index (χ0n) is 13.9. The van der Waals surface area contributed by atoms with E-state index in [1.807, 2.05) is 7.05 Å². The van der Waals surface area contributed by atoms with Crippen LogP contribution in [0.2, 0.25) is 0 Å². The molecule has 1 aliphatic rings. The maximum atomic E-state index is 14.1. The van der Waals surface area contributed by atoms with Crippen LogP contribution in [-0.4, -0.2) is 38.7 Å². The maximum absolute atomic E-state index is 14.1. The molecule has 0 aliphatic carbocycles. The van der Waals surface area contributed by atoms with E-state index in [0.29, 0.717) is 23.9 Å². The molecule has 1 amide bonds. The Morgan fingerprint density at radius 3 is 2.92 bits per heavy atom. The summed E-state index contributed by atoms with van der Waals surface area (Å²) in [5, 5.41) is 7.67. The summed E-state index contributed by atoms with van der Waals surface area (Å²) < 4.78 is 21.3. The lowest BCUT2D eigenvalue weighted by molar-refractivity contribution is -0.137. The number of carbonyl (C=O) groups excluding carboxylic acids is 1. The van der Waals surface area contributed by atoms with Crippen LogP contribution in [0.5, 0.6) is 0 Å². The van der Waals surface area contributed by atoms with Gasteiger partial charge in [0.1, 0.15) is 25.4 Å². The van der Waals surface area contributed by atoms with Crippen LogP contribution in [0, 0.1) is 11.7 Å². The number of ether oxygens (including phenoxy) is 1. The molecule has 1 aromatic carbocycles. The molecule has 0 N–H and O–H groups in total. The van der Waals surface area contributed by atoms with Gasteiger partial charge in [0.2, 0.25) is 5.91 Å². The van der Waals surface area contributed by atoms with E-state index >= 15 is 0 Å². The number of nitrogens with zero attached hydrogens (tertiary/aromatic N) is 4. The molecule has 0 saturated carbocycles. The number of aryl methyl sites for hydroxylation is 1. The van der Waals surface area contributed by atoms with Crippen molar-refractivity contribution in [2.45, 2.75) is 26.0 Å². The van der Waals surface area contributed by atoms with Crippen LogP contribution in [0.25, 0.3) is 0 Å². The van der Waals surface area contributed by atoms with Gasteiger partial charge in [0.25, 0.3) is 0 Å². The van der Waals surface area contributed by atoms with Gasteiger partial charge in [0.15, 0.2) is 5.82 Å². The smallest absolute Gasteiger partial charge is 0.249 e. The summed E-state index contributed by atoms with van der Waals surface area (Å²) in [4.78, 5) is 14.3. The summed E-state index contributed by atoms with van der Waals surface area (Å²) in [5.74, 6) is 0.588. The van der Waals surface area contributed by atoms with E-state index < -0.39 is 0 Å². The lowest BCUT2D eigenvalue weighted by atomic mass is 10.0. The molecule has 1 aromatic heterocycles. The standard InChI is InChI=1S/C17H21FN4O2/c1-12-7-15(13-5-3-4-6-14(13)18)22(8-12)17(23)10-24-9-16-20-19-11-21(16)2/h3-6,11-12,15H,7-10H2,1-2H3. The van der Waals surface area contributed by atoms with Gasteiger partial charge < -0.3 is 14.2 Å². The first-order chi connectivity index (χ1) is 11.6. The van der Waals surface area contributed by atoms with Crippen molar-refractivity contribution in [3.8, 4) is 0 Å². The monoisotopic (exact) mass is 332 g/mol. The zero-order valence-corrected chi connectivity index (χ0v) is 13.9. The molecule has 2 aromatic rings. The fourth-order valence-corrected chi connectivity index (χ4v) is 3.11. The molecule has 7 heteroatoms. The number of likely N-dealkylation sites (tertiary alicyclic amines) is 1. The van der Waals surface area contributed by atoms with Gasteiger partial charge in [-0.3, -0.25) is 4.79 Å². The van der Waals surface area contributed by atoms with Crippen molar-refractivity contribution in [3.05, 3.63) is 47.8 Å². The normalized spacial score (nSPS) is 20.5. The van der Waals surface area contributed by atoms with Gasteiger partial charge in [-0.1, -0.05) is 25.1 Å². The molecule has 0 spiro atoms. The van der Waals surface area contributed by atoms with Crippen LogP contribution in [0.15, 0.2) is 30.6 Å². The van der Waals surface area contributed by atoms with Gasteiger partial charge in [-0.25, -0.2) is 4.39 Å². The van der Waals surface area contributed by atoms with E-state index in [2.05, 4.69) is 17.1 Å².